The zero-order chi connectivity index (χ0) is 10.7. The fourth-order valence-corrected chi connectivity index (χ4v) is 1.21. The van der Waals surface area contributed by atoms with E-state index in [1.807, 2.05) is 6.20 Å². The van der Waals surface area contributed by atoms with Gasteiger partial charge < -0.3 is 5.73 Å². The van der Waals surface area contributed by atoms with Crippen molar-refractivity contribution in [3.05, 3.63) is 17.7 Å². The van der Waals surface area contributed by atoms with Crippen LogP contribution >= 0.6 is 0 Å². The van der Waals surface area contributed by atoms with Crippen LogP contribution in [0.4, 0.5) is 0 Å². The molecule has 2 aromatic heterocycles. The van der Waals surface area contributed by atoms with Gasteiger partial charge >= 0.3 is 0 Å². The first-order chi connectivity index (χ1) is 7.28. The number of tetrazole rings is 1. The van der Waals surface area contributed by atoms with E-state index < -0.39 is 0 Å². The van der Waals surface area contributed by atoms with Crippen LogP contribution in [0.5, 0.6) is 0 Å². The van der Waals surface area contributed by atoms with Crippen LogP contribution in [-0.4, -0.2) is 41.7 Å². The minimum atomic E-state index is 0.478. The Labute approximate surface area is 86.1 Å². The van der Waals surface area contributed by atoms with Crippen LogP contribution in [-0.2, 0) is 20.0 Å². The van der Waals surface area contributed by atoms with Crippen molar-refractivity contribution in [2.45, 2.75) is 13.0 Å². The third-order valence-electron chi connectivity index (χ3n) is 1.84. The molecule has 0 spiro atoms. The van der Waals surface area contributed by atoms with Gasteiger partial charge in [-0.05, 0) is 11.8 Å². The minimum Gasteiger partial charge on any atom is -0.330 e. The van der Waals surface area contributed by atoms with Gasteiger partial charge in [0.2, 0.25) is 0 Å². The summed E-state index contributed by atoms with van der Waals surface area (Å²) < 4.78 is 1.67. The van der Waals surface area contributed by atoms with Crippen LogP contribution in [0.2, 0.25) is 0 Å². The molecule has 0 unspecified atom stereocenters. The molecule has 80 valence electrons. The van der Waals surface area contributed by atoms with E-state index in [-0.39, 0.29) is 0 Å². The number of aromatic nitrogens is 7. The van der Waals surface area contributed by atoms with Crippen molar-refractivity contribution in [3.63, 3.8) is 0 Å². The second-order valence-corrected chi connectivity index (χ2v) is 3.14. The van der Waals surface area contributed by atoms with Crippen LogP contribution in [0.3, 0.4) is 0 Å². The third-order valence-corrected chi connectivity index (χ3v) is 1.84. The lowest BCUT2D eigenvalue weighted by Gasteiger charge is -1.92. The van der Waals surface area contributed by atoms with Crippen LogP contribution in [0.25, 0.3) is 0 Å². The van der Waals surface area contributed by atoms with E-state index in [0.717, 1.165) is 12.1 Å². The second-order valence-electron chi connectivity index (χ2n) is 3.14. The van der Waals surface area contributed by atoms with Gasteiger partial charge in [0, 0.05) is 12.6 Å². The molecule has 0 aliphatic heterocycles. The summed E-state index contributed by atoms with van der Waals surface area (Å²) in [5, 5.41) is 19.5. The number of aryl methyl sites for hydroxylation is 1. The summed E-state index contributed by atoms with van der Waals surface area (Å²) in [6, 6.07) is 0. The standard InChI is InChI=1S/C7H12N8/c1-14-11-7(10-12-14)5-15-4-6(2-3-8)9-13-15/h4H,2-3,5,8H2,1H3. The van der Waals surface area contributed by atoms with Gasteiger partial charge in [-0.15, -0.1) is 15.3 Å². The average molecular weight is 208 g/mol. The maximum atomic E-state index is 5.41. The monoisotopic (exact) mass is 208 g/mol. The molecule has 0 atom stereocenters. The van der Waals surface area contributed by atoms with Crippen molar-refractivity contribution in [1.29, 1.82) is 0 Å². The fourth-order valence-electron chi connectivity index (χ4n) is 1.21. The summed E-state index contributed by atoms with van der Waals surface area (Å²) in [6.45, 7) is 1.05. The summed E-state index contributed by atoms with van der Waals surface area (Å²) in [7, 11) is 1.72. The molecule has 2 heterocycles. The molecule has 0 saturated heterocycles. The maximum Gasteiger partial charge on any atom is 0.196 e. The summed E-state index contributed by atoms with van der Waals surface area (Å²) in [6.07, 6.45) is 2.57. The van der Waals surface area contributed by atoms with E-state index in [0.29, 0.717) is 18.9 Å². The average Bonchev–Trinajstić information content (AvgIpc) is 2.78. The zero-order valence-corrected chi connectivity index (χ0v) is 8.41. The van der Waals surface area contributed by atoms with E-state index in [9.17, 15) is 0 Å². The Hall–Kier alpha value is -1.83. The zero-order valence-electron chi connectivity index (χ0n) is 8.41. The summed E-state index contributed by atoms with van der Waals surface area (Å²) in [5.41, 5.74) is 6.29. The molecule has 2 rings (SSSR count). The third kappa shape index (κ3) is 2.34. The van der Waals surface area contributed by atoms with Crippen molar-refractivity contribution in [3.8, 4) is 0 Å². The van der Waals surface area contributed by atoms with Gasteiger partial charge in [-0.2, -0.15) is 4.80 Å². The van der Waals surface area contributed by atoms with Crippen LogP contribution < -0.4 is 5.73 Å². The van der Waals surface area contributed by atoms with E-state index in [1.54, 1.807) is 11.7 Å². The highest BCUT2D eigenvalue weighted by Gasteiger charge is 2.04. The molecular formula is C7H12N8. The topological polar surface area (TPSA) is 100 Å². The molecule has 0 saturated carbocycles. The highest BCUT2D eigenvalue weighted by atomic mass is 15.6. The van der Waals surface area contributed by atoms with Crippen LogP contribution in [0.1, 0.15) is 11.5 Å². The first-order valence-electron chi connectivity index (χ1n) is 4.60. The van der Waals surface area contributed by atoms with E-state index in [2.05, 4.69) is 25.7 Å². The Bertz CT molecular complexity index is 430. The van der Waals surface area contributed by atoms with Crippen molar-refractivity contribution in [2.75, 3.05) is 6.54 Å². The SMILES string of the molecule is Cn1nnc(Cn2cc(CCN)nn2)n1. The quantitative estimate of drug-likeness (QED) is 0.646. The van der Waals surface area contributed by atoms with Gasteiger partial charge in [-0.25, -0.2) is 4.68 Å². The van der Waals surface area contributed by atoms with Crippen molar-refractivity contribution in [1.82, 2.24) is 35.2 Å². The molecule has 0 aliphatic carbocycles. The number of hydrogen-bond acceptors (Lipinski definition) is 6. The Kier molecular flexibility index (Phi) is 2.68. The lowest BCUT2D eigenvalue weighted by atomic mass is 10.3. The lowest BCUT2D eigenvalue weighted by molar-refractivity contribution is 0.607. The Balaban J connectivity index is 2.04. The number of rotatable bonds is 4. The number of nitrogens with zero attached hydrogens (tertiary/aromatic N) is 7. The lowest BCUT2D eigenvalue weighted by Crippen LogP contribution is -2.03. The largest absolute Gasteiger partial charge is 0.330 e. The van der Waals surface area contributed by atoms with Gasteiger partial charge in [0.15, 0.2) is 5.82 Å². The van der Waals surface area contributed by atoms with Gasteiger partial charge in [0.1, 0.15) is 6.54 Å². The van der Waals surface area contributed by atoms with Gasteiger partial charge in [-0.1, -0.05) is 5.21 Å². The van der Waals surface area contributed by atoms with Crippen molar-refractivity contribution in [2.24, 2.45) is 12.8 Å². The molecule has 0 aromatic carbocycles. The summed E-state index contributed by atoms with van der Waals surface area (Å²) in [4.78, 5) is 1.41. The predicted molar refractivity (Wildman–Crippen MR) is 50.7 cm³/mol. The molecular weight excluding hydrogens is 196 g/mol. The Morgan fingerprint density at radius 2 is 2.20 bits per heavy atom. The molecule has 8 nitrogen and oxygen atoms in total. The second kappa shape index (κ2) is 4.13. The first-order valence-corrected chi connectivity index (χ1v) is 4.60. The van der Waals surface area contributed by atoms with Crippen molar-refractivity contribution < 1.29 is 0 Å². The van der Waals surface area contributed by atoms with Gasteiger partial charge in [-0.3, -0.25) is 0 Å². The molecule has 2 N–H and O–H groups in total. The fraction of sp³-hybridized carbons (Fsp3) is 0.571. The highest BCUT2D eigenvalue weighted by molar-refractivity contribution is 4.94. The normalized spacial score (nSPS) is 10.8. The van der Waals surface area contributed by atoms with E-state index in [1.165, 1.54) is 4.80 Å². The molecule has 8 heteroatoms. The molecule has 0 radical (unpaired) electrons. The molecule has 0 fully saturated rings. The first kappa shape index (κ1) is 9.71. The highest BCUT2D eigenvalue weighted by Crippen LogP contribution is 1.96. The van der Waals surface area contributed by atoms with Gasteiger partial charge in [0.05, 0.1) is 12.7 Å². The predicted octanol–water partition coefficient (Wildman–Crippen LogP) is -1.65. The van der Waals surface area contributed by atoms with Crippen molar-refractivity contribution >= 4 is 0 Å². The smallest absolute Gasteiger partial charge is 0.196 e. The number of hydrogen-bond donors (Lipinski definition) is 1. The Morgan fingerprint density at radius 3 is 2.87 bits per heavy atom. The molecule has 15 heavy (non-hydrogen) atoms. The molecule has 0 bridgehead atoms. The van der Waals surface area contributed by atoms with Crippen LogP contribution in [0, 0.1) is 0 Å². The molecule has 2 aromatic rings. The van der Waals surface area contributed by atoms with Crippen LogP contribution in [0.15, 0.2) is 6.20 Å². The van der Waals surface area contributed by atoms with E-state index >= 15 is 0 Å². The van der Waals surface area contributed by atoms with Gasteiger partial charge in [0.25, 0.3) is 0 Å². The minimum absolute atomic E-state index is 0.478. The summed E-state index contributed by atoms with van der Waals surface area (Å²) >= 11 is 0. The molecule has 0 aliphatic rings. The van der Waals surface area contributed by atoms with E-state index in [4.69, 9.17) is 5.73 Å². The maximum absolute atomic E-state index is 5.41. The number of nitrogens with two attached hydrogens (primary N) is 1. The summed E-state index contributed by atoms with van der Waals surface area (Å²) in [5.74, 6) is 0.613. The Morgan fingerprint density at radius 1 is 1.33 bits per heavy atom. The molecule has 0 amide bonds.